The van der Waals surface area contributed by atoms with Crippen LogP contribution in [0.2, 0.25) is 0 Å². The zero-order valence-electron chi connectivity index (χ0n) is 15.2. The van der Waals surface area contributed by atoms with Crippen molar-refractivity contribution < 1.29 is 4.79 Å². The second-order valence-corrected chi connectivity index (χ2v) is 9.77. The van der Waals surface area contributed by atoms with Crippen LogP contribution in [0.4, 0.5) is 5.00 Å². The summed E-state index contributed by atoms with van der Waals surface area (Å²) in [5, 5.41) is 15.3. The second-order valence-electron chi connectivity index (χ2n) is 6.58. The molecule has 2 aromatic heterocycles. The summed E-state index contributed by atoms with van der Waals surface area (Å²) in [6.07, 6.45) is 5.45. The van der Waals surface area contributed by atoms with Crippen LogP contribution in [0.1, 0.15) is 35.3 Å². The molecule has 1 aliphatic rings. The molecule has 0 aliphatic heterocycles. The van der Waals surface area contributed by atoms with Crippen molar-refractivity contribution in [2.75, 3.05) is 11.1 Å². The van der Waals surface area contributed by atoms with Crippen LogP contribution in [0.25, 0.3) is 11.3 Å². The molecule has 0 fully saturated rings. The van der Waals surface area contributed by atoms with Crippen molar-refractivity contribution in [3.63, 3.8) is 0 Å². The first-order valence-electron chi connectivity index (χ1n) is 9.23. The second kappa shape index (κ2) is 8.91. The fraction of sp³-hybridized carbons (Fsp3) is 0.286. The number of thioether (sulfide) groups is 1. The predicted molar refractivity (Wildman–Crippen MR) is 117 cm³/mol. The van der Waals surface area contributed by atoms with Crippen molar-refractivity contribution in [2.24, 2.45) is 0 Å². The molecule has 0 saturated heterocycles. The molecule has 0 saturated carbocycles. The topological polar surface area (TPSA) is 65.8 Å². The number of carbonyl (C=O) groups excluding carboxylic acids is 1. The van der Waals surface area contributed by atoms with Crippen LogP contribution in [0.3, 0.4) is 0 Å². The van der Waals surface area contributed by atoms with E-state index >= 15 is 0 Å². The molecule has 0 unspecified atom stereocenters. The minimum Gasteiger partial charge on any atom is -0.316 e. The number of nitrogens with one attached hydrogen (secondary N) is 1. The number of rotatable bonds is 5. The van der Waals surface area contributed by atoms with Crippen LogP contribution in [0.5, 0.6) is 0 Å². The van der Waals surface area contributed by atoms with Crippen molar-refractivity contribution in [1.82, 2.24) is 4.98 Å². The van der Waals surface area contributed by atoms with Crippen molar-refractivity contribution in [3.8, 4) is 17.3 Å². The van der Waals surface area contributed by atoms with Gasteiger partial charge in [0.25, 0.3) is 0 Å². The Kier molecular flexibility index (Phi) is 6.10. The molecule has 4 rings (SSSR count). The molecule has 0 spiro atoms. The van der Waals surface area contributed by atoms with Gasteiger partial charge in [0.2, 0.25) is 5.91 Å². The number of thiazole rings is 1. The maximum atomic E-state index is 12.5. The van der Waals surface area contributed by atoms with Gasteiger partial charge in [0.1, 0.15) is 11.1 Å². The maximum absolute atomic E-state index is 12.5. The number of benzene rings is 1. The van der Waals surface area contributed by atoms with E-state index in [2.05, 4.69) is 16.4 Å². The minimum atomic E-state index is -0.0885. The number of anilines is 1. The van der Waals surface area contributed by atoms with Gasteiger partial charge in [0.05, 0.1) is 17.0 Å². The largest absolute Gasteiger partial charge is 0.316 e. The Hall–Kier alpha value is -2.14. The van der Waals surface area contributed by atoms with E-state index in [-0.39, 0.29) is 11.7 Å². The number of amides is 1. The number of hydrogen-bond acceptors (Lipinski definition) is 6. The van der Waals surface area contributed by atoms with Gasteiger partial charge in [0.15, 0.2) is 4.34 Å². The lowest BCUT2D eigenvalue weighted by atomic mass is 10.1. The van der Waals surface area contributed by atoms with Crippen molar-refractivity contribution >= 4 is 45.3 Å². The van der Waals surface area contributed by atoms with Crippen molar-refractivity contribution in [3.05, 3.63) is 51.7 Å². The standard InChI is InChI=1S/C21H19N3OS3/c22-11-16-15-9-5-2-6-10-18(15)28-20(16)24-19(25)13-27-21-23-17(12-26-21)14-7-3-1-4-8-14/h1,3-4,7-8,12H,2,5-6,9-10,13H2,(H,24,25). The lowest BCUT2D eigenvalue weighted by Crippen LogP contribution is -2.13. The van der Waals surface area contributed by atoms with E-state index in [1.165, 1.54) is 23.1 Å². The van der Waals surface area contributed by atoms with E-state index in [9.17, 15) is 10.1 Å². The average molecular weight is 426 g/mol. The van der Waals surface area contributed by atoms with Gasteiger partial charge >= 0.3 is 0 Å². The summed E-state index contributed by atoms with van der Waals surface area (Å²) in [4.78, 5) is 18.3. The molecule has 142 valence electrons. The Balaban J connectivity index is 1.39. The molecule has 7 heteroatoms. The summed E-state index contributed by atoms with van der Waals surface area (Å²) >= 11 is 4.55. The maximum Gasteiger partial charge on any atom is 0.235 e. The molecule has 1 aromatic carbocycles. The van der Waals surface area contributed by atoms with Crippen LogP contribution in [0, 0.1) is 11.3 Å². The molecule has 0 bridgehead atoms. The summed E-state index contributed by atoms with van der Waals surface area (Å²) in [5.74, 6) is 0.198. The molecule has 4 nitrogen and oxygen atoms in total. The van der Waals surface area contributed by atoms with Gasteiger partial charge in [-0.1, -0.05) is 48.5 Å². The van der Waals surface area contributed by atoms with Crippen LogP contribution < -0.4 is 5.32 Å². The number of aryl methyl sites for hydroxylation is 1. The van der Waals surface area contributed by atoms with Gasteiger partial charge in [-0.15, -0.1) is 22.7 Å². The quantitative estimate of drug-likeness (QED) is 0.418. The summed E-state index contributed by atoms with van der Waals surface area (Å²) in [6.45, 7) is 0. The number of carbonyl (C=O) groups is 1. The molecular weight excluding hydrogens is 406 g/mol. The Bertz CT molecular complexity index is 1020. The Morgan fingerprint density at radius 1 is 1.21 bits per heavy atom. The van der Waals surface area contributed by atoms with Gasteiger partial charge in [0, 0.05) is 15.8 Å². The number of nitriles is 1. The lowest BCUT2D eigenvalue weighted by Gasteiger charge is -2.03. The first-order chi connectivity index (χ1) is 13.7. The molecule has 3 aromatic rings. The molecule has 2 heterocycles. The highest BCUT2D eigenvalue weighted by atomic mass is 32.2. The predicted octanol–water partition coefficient (Wildman–Crippen LogP) is 5.74. The third kappa shape index (κ3) is 4.30. The van der Waals surface area contributed by atoms with Gasteiger partial charge in [-0.25, -0.2) is 4.98 Å². The van der Waals surface area contributed by atoms with E-state index in [1.54, 1.807) is 22.7 Å². The third-order valence-corrected chi connectivity index (χ3v) is 7.89. The summed E-state index contributed by atoms with van der Waals surface area (Å²) < 4.78 is 0.872. The molecule has 0 atom stereocenters. The normalized spacial score (nSPS) is 13.4. The highest BCUT2D eigenvalue weighted by Crippen LogP contribution is 2.37. The van der Waals surface area contributed by atoms with Crippen LogP contribution in [-0.4, -0.2) is 16.6 Å². The first-order valence-corrected chi connectivity index (χ1v) is 11.9. The van der Waals surface area contributed by atoms with Gasteiger partial charge < -0.3 is 5.32 Å². The fourth-order valence-electron chi connectivity index (χ4n) is 3.30. The summed E-state index contributed by atoms with van der Waals surface area (Å²) in [5.41, 5.74) is 3.83. The molecular formula is C21H19N3OS3. The third-order valence-electron chi connectivity index (χ3n) is 4.67. The van der Waals surface area contributed by atoms with Crippen molar-refractivity contribution in [2.45, 2.75) is 36.4 Å². The SMILES string of the molecule is N#Cc1c(NC(=O)CSc2nc(-c3ccccc3)cs2)sc2c1CCCCC2. The van der Waals surface area contributed by atoms with E-state index < -0.39 is 0 Å². The molecule has 1 N–H and O–H groups in total. The smallest absolute Gasteiger partial charge is 0.235 e. The van der Waals surface area contributed by atoms with E-state index in [1.807, 2.05) is 35.7 Å². The van der Waals surface area contributed by atoms with Crippen LogP contribution in [0.15, 0.2) is 40.1 Å². The zero-order chi connectivity index (χ0) is 19.3. The minimum absolute atomic E-state index is 0.0885. The molecule has 1 aliphatic carbocycles. The fourth-order valence-corrected chi connectivity index (χ4v) is 6.20. The molecule has 28 heavy (non-hydrogen) atoms. The summed E-state index contributed by atoms with van der Waals surface area (Å²) in [7, 11) is 0. The monoisotopic (exact) mass is 425 g/mol. The zero-order valence-corrected chi connectivity index (χ0v) is 17.7. The number of hydrogen-bond donors (Lipinski definition) is 1. The number of aromatic nitrogens is 1. The number of nitrogens with zero attached hydrogens (tertiary/aromatic N) is 2. The van der Waals surface area contributed by atoms with Crippen molar-refractivity contribution in [1.29, 1.82) is 5.26 Å². The van der Waals surface area contributed by atoms with E-state index in [0.29, 0.717) is 10.6 Å². The highest BCUT2D eigenvalue weighted by molar-refractivity contribution is 8.01. The average Bonchev–Trinajstić information content (AvgIpc) is 3.25. The highest BCUT2D eigenvalue weighted by Gasteiger charge is 2.21. The lowest BCUT2D eigenvalue weighted by molar-refractivity contribution is -0.113. The molecule has 1 amide bonds. The Labute approximate surface area is 176 Å². The summed E-state index contributed by atoms with van der Waals surface area (Å²) in [6, 6.07) is 12.3. The van der Waals surface area contributed by atoms with Gasteiger partial charge in [-0.05, 0) is 31.2 Å². The number of thiophene rings is 1. The Morgan fingerprint density at radius 3 is 2.86 bits per heavy atom. The van der Waals surface area contributed by atoms with Crippen LogP contribution >= 0.6 is 34.4 Å². The first kappa shape index (κ1) is 19.2. The van der Waals surface area contributed by atoms with Gasteiger partial charge in [-0.2, -0.15) is 5.26 Å². The Morgan fingerprint density at radius 2 is 2.04 bits per heavy atom. The van der Waals surface area contributed by atoms with E-state index in [0.717, 1.165) is 46.8 Å². The van der Waals surface area contributed by atoms with Gasteiger partial charge in [-0.3, -0.25) is 4.79 Å². The van der Waals surface area contributed by atoms with E-state index in [4.69, 9.17) is 0 Å². The molecule has 0 radical (unpaired) electrons. The van der Waals surface area contributed by atoms with Crippen LogP contribution in [-0.2, 0) is 17.6 Å². The number of fused-ring (bicyclic) bond motifs is 1.